The second kappa shape index (κ2) is 8.92. The van der Waals surface area contributed by atoms with E-state index in [1.165, 1.54) is 12.5 Å². The Hall–Kier alpha value is -2.51. The van der Waals surface area contributed by atoms with Crippen molar-refractivity contribution in [3.05, 3.63) is 24.2 Å². The van der Waals surface area contributed by atoms with Gasteiger partial charge in [-0.25, -0.2) is 4.79 Å². The molecule has 2 fully saturated rings. The van der Waals surface area contributed by atoms with Crippen LogP contribution in [0.4, 0.5) is 4.79 Å². The maximum absolute atomic E-state index is 12.6. The summed E-state index contributed by atoms with van der Waals surface area (Å²) in [5, 5.41) is 3.10. The molecule has 0 spiro atoms. The van der Waals surface area contributed by atoms with Crippen molar-refractivity contribution in [2.45, 2.75) is 38.6 Å². The zero-order valence-corrected chi connectivity index (χ0v) is 15.7. The second-order valence-electron chi connectivity index (χ2n) is 7.07. The Kier molecular flexibility index (Phi) is 6.36. The third-order valence-corrected chi connectivity index (χ3v) is 5.21. The lowest BCUT2D eigenvalue weighted by molar-refractivity contribution is -0.127. The SMILES string of the molecule is CCOC(=O)N1CCCC(C(=O)NC2CCN(C(=O)c3ccoc3)CC2)C1. The standard InChI is InChI=1S/C19H27N3O5/c1-2-27-19(25)22-8-3-4-14(12-22)17(23)20-16-5-9-21(10-6-16)18(24)15-7-11-26-13-15/h7,11,13-14,16H,2-6,8-10,12H2,1H3,(H,20,23). The average molecular weight is 377 g/mol. The predicted octanol–water partition coefficient (Wildman–Crippen LogP) is 1.87. The van der Waals surface area contributed by atoms with E-state index in [1.807, 2.05) is 0 Å². The van der Waals surface area contributed by atoms with Gasteiger partial charge in [0.1, 0.15) is 6.26 Å². The van der Waals surface area contributed by atoms with Crippen LogP contribution in [0, 0.1) is 5.92 Å². The number of furan rings is 1. The molecule has 0 aliphatic carbocycles. The average Bonchev–Trinajstić information content (AvgIpc) is 3.23. The number of carbonyl (C=O) groups excluding carboxylic acids is 3. The smallest absolute Gasteiger partial charge is 0.409 e. The van der Waals surface area contributed by atoms with Gasteiger partial charge in [-0.15, -0.1) is 0 Å². The fourth-order valence-electron chi connectivity index (χ4n) is 3.69. The Morgan fingerprint density at radius 1 is 1.19 bits per heavy atom. The van der Waals surface area contributed by atoms with Crippen molar-refractivity contribution in [2.75, 3.05) is 32.8 Å². The number of rotatable bonds is 4. The maximum atomic E-state index is 12.6. The first-order chi connectivity index (χ1) is 13.1. The van der Waals surface area contributed by atoms with E-state index in [-0.39, 0.29) is 29.9 Å². The summed E-state index contributed by atoms with van der Waals surface area (Å²) in [6, 6.07) is 1.72. The van der Waals surface area contributed by atoms with Crippen molar-refractivity contribution >= 4 is 17.9 Å². The highest BCUT2D eigenvalue weighted by molar-refractivity contribution is 5.93. The van der Waals surface area contributed by atoms with Crippen molar-refractivity contribution in [2.24, 2.45) is 5.92 Å². The fourth-order valence-corrected chi connectivity index (χ4v) is 3.69. The minimum absolute atomic E-state index is 0.0105. The van der Waals surface area contributed by atoms with Gasteiger partial charge in [-0.1, -0.05) is 0 Å². The Morgan fingerprint density at radius 3 is 2.63 bits per heavy atom. The molecule has 1 aromatic rings. The monoisotopic (exact) mass is 377 g/mol. The summed E-state index contributed by atoms with van der Waals surface area (Å²) in [5.41, 5.74) is 0.554. The number of nitrogens with one attached hydrogen (secondary N) is 1. The minimum atomic E-state index is -0.346. The van der Waals surface area contributed by atoms with E-state index >= 15 is 0 Å². The molecule has 2 aliphatic rings. The van der Waals surface area contributed by atoms with Crippen LogP contribution in [0.15, 0.2) is 23.0 Å². The molecule has 8 nitrogen and oxygen atoms in total. The molecule has 1 N–H and O–H groups in total. The molecular weight excluding hydrogens is 350 g/mol. The molecule has 27 heavy (non-hydrogen) atoms. The highest BCUT2D eigenvalue weighted by atomic mass is 16.6. The zero-order valence-electron chi connectivity index (χ0n) is 15.7. The van der Waals surface area contributed by atoms with Gasteiger partial charge in [0.2, 0.25) is 5.91 Å². The maximum Gasteiger partial charge on any atom is 0.409 e. The van der Waals surface area contributed by atoms with Gasteiger partial charge < -0.3 is 24.3 Å². The summed E-state index contributed by atoms with van der Waals surface area (Å²) in [6.07, 6.45) is 5.63. The summed E-state index contributed by atoms with van der Waals surface area (Å²) in [6.45, 7) is 4.36. The van der Waals surface area contributed by atoms with Crippen LogP contribution in [-0.2, 0) is 9.53 Å². The topological polar surface area (TPSA) is 92.1 Å². The van der Waals surface area contributed by atoms with Crippen LogP contribution in [0.5, 0.6) is 0 Å². The van der Waals surface area contributed by atoms with Crippen LogP contribution < -0.4 is 5.32 Å². The molecule has 3 amide bonds. The van der Waals surface area contributed by atoms with E-state index in [1.54, 1.807) is 22.8 Å². The van der Waals surface area contributed by atoms with Gasteiger partial charge in [0.25, 0.3) is 5.91 Å². The molecule has 0 radical (unpaired) electrons. The molecule has 2 saturated heterocycles. The number of piperidine rings is 2. The first-order valence-corrected chi connectivity index (χ1v) is 9.62. The molecule has 1 unspecified atom stereocenters. The predicted molar refractivity (Wildman–Crippen MR) is 97.1 cm³/mol. The van der Waals surface area contributed by atoms with Crippen LogP contribution >= 0.6 is 0 Å². The van der Waals surface area contributed by atoms with Gasteiger partial charge in [-0.05, 0) is 38.7 Å². The van der Waals surface area contributed by atoms with Gasteiger partial charge in [0.05, 0.1) is 24.4 Å². The van der Waals surface area contributed by atoms with Gasteiger partial charge in [-0.3, -0.25) is 9.59 Å². The third kappa shape index (κ3) is 4.81. The lowest BCUT2D eigenvalue weighted by Crippen LogP contribution is -2.50. The first-order valence-electron chi connectivity index (χ1n) is 9.62. The van der Waals surface area contributed by atoms with E-state index in [0.29, 0.717) is 38.3 Å². The molecule has 1 atom stereocenters. The molecule has 0 aromatic carbocycles. The summed E-state index contributed by atoms with van der Waals surface area (Å²) in [4.78, 5) is 40.2. The van der Waals surface area contributed by atoms with E-state index in [9.17, 15) is 14.4 Å². The van der Waals surface area contributed by atoms with Crippen molar-refractivity contribution in [1.82, 2.24) is 15.1 Å². The number of hydrogen-bond donors (Lipinski definition) is 1. The van der Waals surface area contributed by atoms with Crippen LogP contribution in [0.1, 0.15) is 43.0 Å². The van der Waals surface area contributed by atoms with E-state index in [4.69, 9.17) is 9.15 Å². The van der Waals surface area contributed by atoms with Gasteiger partial charge in [0, 0.05) is 32.2 Å². The molecule has 0 saturated carbocycles. The highest BCUT2D eigenvalue weighted by Crippen LogP contribution is 2.19. The quantitative estimate of drug-likeness (QED) is 0.865. The Bertz CT molecular complexity index is 652. The van der Waals surface area contributed by atoms with E-state index < -0.39 is 0 Å². The van der Waals surface area contributed by atoms with Crippen molar-refractivity contribution in [3.63, 3.8) is 0 Å². The Labute approximate surface area is 158 Å². The molecule has 3 heterocycles. The molecule has 1 aromatic heterocycles. The normalized spacial score (nSPS) is 21.0. The second-order valence-corrected chi connectivity index (χ2v) is 7.07. The highest BCUT2D eigenvalue weighted by Gasteiger charge is 2.31. The molecular formula is C19H27N3O5. The third-order valence-electron chi connectivity index (χ3n) is 5.21. The summed E-state index contributed by atoms with van der Waals surface area (Å²) in [7, 11) is 0. The van der Waals surface area contributed by atoms with Crippen molar-refractivity contribution in [3.8, 4) is 0 Å². The molecule has 2 aliphatic heterocycles. The fraction of sp³-hybridized carbons (Fsp3) is 0.632. The van der Waals surface area contributed by atoms with E-state index in [2.05, 4.69) is 5.32 Å². The largest absolute Gasteiger partial charge is 0.472 e. The van der Waals surface area contributed by atoms with Crippen LogP contribution in [0.2, 0.25) is 0 Å². The molecule has 3 rings (SSSR count). The van der Waals surface area contributed by atoms with Crippen LogP contribution in [0.25, 0.3) is 0 Å². The summed E-state index contributed by atoms with van der Waals surface area (Å²) < 4.78 is 10.0. The van der Waals surface area contributed by atoms with Crippen molar-refractivity contribution < 1.29 is 23.5 Å². The lowest BCUT2D eigenvalue weighted by atomic mass is 9.96. The minimum Gasteiger partial charge on any atom is -0.472 e. The number of likely N-dealkylation sites (tertiary alicyclic amines) is 2. The lowest BCUT2D eigenvalue weighted by Gasteiger charge is -2.35. The Balaban J connectivity index is 1.45. The van der Waals surface area contributed by atoms with Gasteiger partial charge >= 0.3 is 6.09 Å². The number of hydrogen-bond acceptors (Lipinski definition) is 5. The van der Waals surface area contributed by atoms with Gasteiger partial charge in [0.15, 0.2) is 0 Å². The number of nitrogens with zero attached hydrogens (tertiary/aromatic N) is 2. The number of amides is 3. The van der Waals surface area contributed by atoms with Crippen LogP contribution in [0.3, 0.4) is 0 Å². The first kappa shape index (κ1) is 19.3. The molecule has 8 heteroatoms. The van der Waals surface area contributed by atoms with E-state index in [0.717, 1.165) is 25.7 Å². The summed E-state index contributed by atoms with van der Waals surface area (Å²) >= 11 is 0. The number of carbonyl (C=O) groups is 3. The Morgan fingerprint density at radius 2 is 1.96 bits per heavy atom. The number of ether oxygens (including phenoxy) is 1. The van der Waals surface area contributed by atoms with Crippen LogP contribution in [-0.4, -0.2) is 66.5 Å². The van der Waals surface area contributed by atoms with Crippen molar-refractivity contribution in [1.29, 1.82) is 0 Å². The zero-order chi connectivity index (χ0) is 19.2. The summed E-state index contributed by atoms with van der Waals surface area (Å²) in [5.74, 6) is -0.247. The molecule has 0 bridgehead atoms. The molecule has 148 valence electrons. The van der Waals surface area contributed by atoms with Gasteiger partial charge in [-0.2, -0.15) is 0 Å².